The Balaban J connectivity index is 1.90. The highest BCUT2D eigenvalue weighted by atomic mass is 127. The zero-order valence-corrected chi connectivity index (χ0v) is 14.4. The van der Waals surface area contributed by atoms with Gasteiger partial charge < -0.3 is 15.2 Å². The van der Waals surface area contributed by atoms with Crippen molar-refractivity contribution in [2.24, 2.45) is 11.8 Å². The molecule has 2 heterocycles. The number of amides is 1. The van der Waals surface area contributed by atoms with Crippen LogP contribution in [0, 0.1) is 11.8 Å². The van der Waals surface area contributed by atoms with Crippen molar-refractivity contribution >= 4 is 34.5 Å². The molecule has 2 aliphatic heterocycles. The van der Waals surface area contributed by atoms with E-state index in [0.717, 1.165) is 30.1 Å². The smallest absolute Gasteiger partial charge is 0.339 e. The van der Waals surface area contributed by atoms with Crippen LogP contribution in [0.4, 0.5) is 0 Å². The lowest BCUT2D eigenvalue weighted by atomic mass is 9.64. The van der Waals surface area contributed by atoms with Gasteiger partial charge in [-0.05, 0) is 32.1 Å². The number of aliphatic hydroxyl groups is 1. The number of esters is 1. The molecule has 3 aliphatic rings. The Kier molecular flexibility index (Phi) is 3.97. The minimum Gasteiger partial charge on any atom is -0.453 e. The summed E-state index contributed by atoms with van der Waals surface area (Å²) in [6, 6.07) is 0. The fraction of sp³-hybridized carbons (Fsp3) is 0.867. The van der Waals surface area contributed by atoms with Crippen LogP contribution >= 0.6 is 22.6 Å². The lowest BCUT2D eigenvalue weighted by Gasteiger charge is -2.55. The summed E-state index contributed by atoms with van der Waals surface area (Å²) >= 11 is 2.22. The zero-order valence-electron chi connectivity index (χ0n) is 12.2. The Morgan fingerprint density at radius 3 is 2.62 bits per heavy atom. The molecule has 5 nitrogen and oxygen atoms in total. The van der Waals surface area contributed by atoms with Gasteiger partial charge in [0.05, 0.1) is 12.0 Å². The lowest BCUT2D eigenvalue weighted by Crippen LogP contribution is -2.80. The minimum absolute atomic E-state index is 0.0737. The van der Waals surface area contributed by atoms with Crippen LogP contribution in [-0.2, 0) is 14.3 Å². The van der Waals surface area contributed by atoms with Crippen LogP contribution < -0.4 is 5.32 Å². The number of carbonyl (C=O) groups is 2. The van der Waals surface area contributed by atoms with E-state index in [4.69, 9.17) is 4.74 Å². The molecule has 1 amide bonds. The molecule has 0 radical (unpaired) electrons. The molecule has 6 heteroatoms. The summed E-state index contributed by atoms with van der Waals surface area (Å²) in [6.07, 6.45) is 4.99. The van der Waals surface area contributed by atoms with Gasteiger partial charge in [0.25, 0.3) is 0 Å². The van der Waals surface area contributed by atoms with Crippen molar-refractivity contribution in [3.05, 3.63) is 0 Å². The number of aliphatic hydroxyl groups excluding tert-OH is 1. The van der Waals surface area contributed by atoms with Gasteiger partial charge in [0.1, 0.15) is 0 Å². The van der Waals surface area contributed by atoms with Gasteiger partial charge >= 0.3 is 5.97 Å². The average molecular weight is 407 g/mol. The Bertz CT molecular complexity index is 465. The molecule has 1 saturated carbocycles. The highest BCUT2D eigenvalue weighted by Gasteiger charge is 2.79. The molecule has 4 unspecified atom stereocenters. The van der Waals surface area contributed by atoms with Crippen LogP contribution in [0.15, 0.2) is 0 Å². The quantitative estimate of drug-likeness (QED) is 0.422. The average Bonchev–Trinajstić information content (AvgIpc) is 2.65. The Labute approximate surface area is 138 Å². The summed E-state index contributed by atoms with van der Waals surface area (Å²) in [5.41, 5.74) is -2.12. The SMILES string of the molecule is CC12OC(=O)C1(C(O)C1CCCCC1)NC(=O)C2CCI. The van der Waals surface area contributed by atoms with Crippen molar-refractivity contribution in [3.63, 3.8) is 0 Å². The van der Waals surface area contributed by atoms with Gasteiger partial charge in [-0.3, -0.25) is 4.79 Å². The monoisotopic (exact) mass is 407 g/mol. The minimum atomic E-state index is -1.22. The molecule has 3 rings (SSSR count). The maximum Gasteiger partial charge on any atom is 0.339 e. The van der Waals surface area contributed by atoms with E-state index in [1.54, 1.807) is 6.92 Å². The summed E-state index contributed by atoms with van der Waals surface area (Å²) < 4.78 is 6.23. The van der Waals surface area contributed by atoms with E-state index >= 15 is 0 Å². The number of fused-ring (bicyclic) bond motifs is 1. The Morgan fingerprint density at radius 1 is 1.38 bits per heavy atom. The van der Waals surface area contributed by atoms with Crippen molar-refractivity contribution in [2.75, 3.05) is 4.43 Å². The molecule has 0 aromatic heterocycles. The Morgan fingerprint density at radius 2 is 2.05 bits per heavy atom. The molecule has 0 aromatic rings. The first-order valence-electron chi connectivity index (χ1n) is 7.77. The van der Waals surface area contributed by atoms with E-state index in [-0.39, 0.29) is 17.7 Å². The first kappa shape index (κ1) is 15.5. The summed E-state index contributed by atoms with van der Waals surface area (Å²) in [5.74, 6) is -0.905. The van der Waals surface area contributed by atoms with E-state index < -0.39 is 23.2 Å². The van der Waals surface area contributed by atoms with Crippen molar-refractivity contribution in [1.82, 2.24) is 5.32 Å². The van der Waals surface area contributed by atoms with E-state index in [2.05, 4.69) is 27.9 Å². The van der Waals surface area contributed by atoms with Gasteiger partial charge in [-0.2, -0.15) is 0 Å². The lowest BCUT2D eigenvalue weighted by molar-refractivity contribution is -0.240. The zero-order chi connectivity index (χ0) is 15.3. The van der Waals surface area contributed by atoms with Crippen molar-refractivity contribution in [3.8, 4) is 0 Å². The summed E-state index contributed by atoms with van der Waals surface area (Å²) in [6.45, 7) is 1.80. The van der Waals surface area contributed by atoms with E-state index in [1.807, 2.05) is 0 Å². The topological polar surface area (TPSA) is 75.6 Å². The number of rotatable bonds is 4. The third-order valence-electron chi connectivity index (χ3n) is 5.65. The fourth-order valence-corrected chi connectivity index (χ4v) is 4.99. The van der Waals surface area contributed by atoms with Gasteiger partial charge in [0.15, 0.2) is 5.60 Å². The van der Waals surface area contributed by atoms with Crippen LogP contribution in [0.5, 0.6) is 0 Å². The molecular weight excluding hydrogens is 385 g/mol. The maximum absolute atomic E-state index is 12.3. The summed E-state index contributed by atoms with van der Waals surface area (Å²) in [5, 5.41) is 13.7. The normalized spacial score (nSPS) is 41.0. The number of halogens is 1. The summed E-state index contributed by atoms with van der Waals surface area (Å²) in [4.78, 5) is 24.5. The van der Waals surface area contributed by atoms with Gasteiger partial charge in [0, 0.05) is 4.43 Å². The molecular formula is C15H22INO4. The van der Waals surface area contributed by atoms with Gasteiger partial charge in [-0.1, -0.05) is 41.9 Å². The second-order valence-electron chi connectivity index (χ2n) is 6.67. The molecule has 2 saturated heterocycles. The molecule has 4 atom stereocenters. The van der Waals surface area contributed by atoms with Crippen LogP contribution in [0.25, 0.3) is 0 Å². The highest BCUT2D eigenvalue weighted by Crippen LogP contribution is 2.53. The van der Waals surface area contributed by atoms with Crippen LogP contribution in [0.1, 0.15) is 45.4 Å². The third-order valence-corrected chi connectivity index (χ3v) is 6.27. The Hall–Kier alpha value is -0.370. The molecule has 118 valence electrons. The number of carbonyl (C=O) groups excluding carboxylic acids is 2. The second kappa shape index (κ2) is 5.37. The van der Waals surface area contributed by atoms with Crippen LogP contribution in [0.2, 0.25) is 0 Å². The van der Waals surface area contributed by atoms with E-state index in [1.165, 1.54) is 6.42 Å². The number of hydrogen-bond acceptors (Lipinski definition) is 4. The van der Waals surface area contributed by atoms with Crippen molar-refractivity contribution in [2.45, 2.75) is 62.7 Å². The number of alkyl halides is 1. The van der Waals surface area contributed by atoms with Crippen molar-refractivity contribution < 1.29 is 19.4 Å². The third kappa shape index (κ3) is 1.97. The van der Waals surface area contributed by atoms with Crippen LogP contribution in [0.3, 0.4) is 0 Å². The molecule has 2 N–H and O–H groups in total. The standard InChI is InChI=1S/C15H22INO4/c1-14-10(7-8-16)12(19)17-15(14,13(20)21-14)11(18)9-5-3-2-4-6-9/h9-11,18H,2-8H2,1H3,(H,17,19). The number of nitrogens with one attached hydrogen (secondary N) is 1. The largest absolute Gasteiger partial charge is 0.453 e. The predicted octanol–water partition coefficient (Wildman–Crippen LogP) is 1.55. The van der Waals surface area contributed by atoms with Gasteiger partial charge in [-0.15, -0.1) is 0 Å². The molecule has 0 aromatic carbocycles. The number of hydrogen-bond donors (Lipinski definition) is 2. The number of ether oxygens (including phenoxy) is 1. The molecule has 3 fully saturated rings. The fourth-order valence-electron chi connectivity index (χ4n) is 4.37. The predicted molar refractivity (Wildman–Crippen MR) is 84.9 cm³/mol. The molecule has 21 heavy (non-hydrogen) atoms. The molecule has 1 aliphatic carbocycles. The summed E-state index contributed by atoms with van der Waals surface area (Å²) in [7, 11) is 0. The van der Waals surface area contributed by atoms with E-state index in [9.17, 15) is 14.7 Å². The van der Waals surface area contributed by atoms with Gasteiger partial charge in [0.2, 0.25) is 11.4 Å². The molecule has 0 spiro atoms. The highest BCUT2D eigenvalue weighted by molar-refractivity contribution is 14.1. The first-order chi connectivity index (χ1) is 9.97. The van der Waals surface area contributed by atoms with Crippen LogP contribution in [-0.4, -0.2) is 38.7 Å². The van der Waals surface area contributed by atoms with E-state index in [0.29, 0.717) is 6.42 Å². The maximum atomic E-state index is 12.3. The molecule has 0 bridgehead atoms. The first-order valence-corrected chi connectivity index (χ1v) is 9.29. The van der Waals surface area contributed by atoms with Crippen molar-refractivity contribution in [1.29, 1.82) is 0 Å². The van der Waals surface area contributed by atoms with Gasteiger partial charge in [-0.25, -0.2) is 4.79 Å². The second-order valence-corrected chi connectivity index (χ2v) is 7.75.